The number of aromatic amines is 2. The molecule has 2 fully saturated rings. The number of piperidine rings is 2. The molecule has 50 heavy (non-hydrogen) atoms. The third-order valence-electron chi connectivity index (χ3n) is 7.49. The number of carbonyl (C=O) groups is 4. The van der Waals surface area contributed by atoms with Crippen LogP contribution in [-0.4, -0.2) is 103 Å². The minimum atomic E-state index is -0.556. The fourth-order valence-corrected chi connectivity index (χ4v) is 5.22. The average Bonchev–Trinajstić information content (AvgIpc) is 3.72. The van der Waals surface area contributed by atoms with Crippen LogP contribution in [0.2, 0.25) is 0 Å². The van der Waals surface area contributed by atoms with Crippen LogP contribution in [0, 0.1) is 5.92 Å². The summed E-state index contributed by atoms with van der Waals surface area (Å²) in [6.07, 6.45) is 5.55. The van der Waals surface area contributed by atoms with Crippen molar-refractivity contribution in [3.63, 3.8) is 0 Å². The predicted molar refractivity (Wildman–Crippen MR) is 187 cm³/mol. The highest BCUT2D eigenvalue weighted by atomic mass is 16.6. The van der Waals surface area contributed by atoms with Crippen LogP contribution in [-0.2, 0) is 23.8 Å². The molecule has 0 saturated carbocycles. The lowest BCUT2D eigenvalue weighted by molar-refractivity contribution is -0.144. The van der Waals surface area contributed by atoms with Gasteiger partial charge in [0, 0.05) is 56.3 Å². The molecule has 2 aliphatic heterocycles. The molecule has 16 nitrogen and oxygen atoms in total. The number of aromatic nitrogens is 5. The Balaban J connectivity index is 0.000000294. The number of anilines is 1. The molecule has 2 atom stereocenters. The summed E-state index contributed by atoms with van der Waals surface area (Å²) in [7, 11) is 1.25. The zero-order chi connectivity index (χ0) is 36.4. The van der Waals surface area contributed by atoms with Crippen molar-refractivity contribution in [2.24, 2.45) is 5.92 Å². The number of nitrogens with zero attached hydrogens (tertiary/aromatic N) is 5. The first-order valence-electron chi connectivity index (χ1n) is 16.3. The number of rotatable bonds is 4. The average molecular weight is 703 g/mol. The molecule has 278 valence electrons. The monoisotopic (exact) mass is 702 g/mol. The van der Waals surface area contributed by atoms with Gasteiger partial charge in [-0.05, 0) is 73.3 Å². The molecule has 2 aliphatic rings. The predicted octanol–water partition coefficient (Wildman–Crippen LogP) is 4.53. The zero-order valence-electron chi connectivity index (χ0n) is 29.5. The molecule has 0 aromatic carbocycles. The summed E-state index contributed by atoms with van der Waals surface area (Å²) in [5, 5.41) is 8.93. The van der Waals surface area contributed by atoms with Gasteiger partial charge in [0.1, 0.15) is 29.2 Å². The van der Waals surface area contributed by atoms with E-state index in [-0.39, 0.29) is 43.1 Å². The van der Waals surface area contributed by atoms with Gasteiger partial charge in [0.25, 0.3) is 5.56 Å². The van der Waals surface area contributed by atoms with Gasteiger partial charge in [0.15, 0.2) is 5.65 Å². The third-order valence-corrected chi connectivity index (χ3v) is 7.49. The Morgan fingerprint density at radius 1 is 0.940 bits per heavy atom. The van der Waals surface area contributed by atoms with E-state index >= 15 is 0 Å². The van der Waals surface area contributed by atoms with Crippen molar-refractivity contribution < 1.29 is 33.4 Å². The fraction of sp³-hybridized carbons (Fsp3) is 0.618. The Morgan fingerprint density at radius 2 is 1.54 bits per heavy atom. The van der Waals surface area contributed by atoms with Gasteiger partial charge in [-0.15, -0.1) is 0 Å². The van der Waals surface area contributed by atoms with E-state index in [1.165, 1.54) is 16.5 Å². The van der Waals surface area contributed by atoms with Crippen molar-refractivity contribution in [3.8, 4) is 0 Å². The molecule has 0 aliphatic carbocycles. The molecule has 3 aromatic rings. The number of nitrogens with two attached hydrogens (primary N) is 1. The molecule has 0 bridgehead atoms. The lowest BCUT2D eigenvalue weighted by Crippen LogP contribution is -2.44. The molecule has 5 heterocycles. The number of likely N-dealkylation sites (tertiary alicyclic amines) is 2. The maximum absolute atomic E-state index is 12.2. The SMILES string of the molecule is C.CC(C)(C)OC(=O)N1CCCC(c2cc(=O)n3[nH]ccc3n2)C1.COC(=O)CC(=O)C1CCCN(C(=O)OC(C)(C)C)C1.Nc1ccn[nH]1. The number of hydrogen-bond acceptors (Lipinski definition) is 11. The van der Waals surface area contributed by atoms with E-state index in [4.69, 9.17) is 15.2 Å². The standard InChI is InChI=1S/C16H22N4O3.C14H23NO5.C3H5N3.CH4/c1-16(2,3)23-15(22)19-8-4-5-11(10-19)12-9-14(21)20-13(18-12)6-7-17-20;1-14(2,3)20-13(18)15-7-5-6-10(9-15)11(16)8-12(17)19-4;4-3-1-2-5-6-3;/h6-7,9,11,17H,4-5,8,10H2,1-3H3;10H,5-9H2,1-4H3;1-2H,(H3,4,5,6);1H4. The van der Waals surface area contributed by atoms with Gasteiger partial charge in [-0.1, -0.05) is 7.43 Å². The number of amides is 2. The van der Waals surface area contributed by atoms with Gasteiger partial charge < -0.3 is 29.7 Å². The van der Waals surface area contributed by atoms with Crippen LogP contribution in [0.5, 0.6) is 0 Å². The quantitative estimate of drug-likeness (QED) is 0.195. The molecule has 0 spiro atoms. The number of carbonyl (C=O) groups excluding carboxylic acids is 4. The number of ketones is 1. The second-order valence-electron chi connectivity index (χ2n) is 13.9. The van der Waals surface area contributed by atoms with Crippen LogP contribution in [0.15, 0.2) is 35.4 Å². The summed E-state index contributed by atoms with van der Waals surface area (Å²) in [5.41, 5.74) is 5.30. The van der Waals surface area contributed by atoms with E-state index in [2.05, 4.69) is 25.0 Å². The summed E-state index contributed by atoms with van der Waals surface area (Å²) >= 11 is 0. The van der Waals surface area contributed by atoms with E-state index in [0.29, 0.717) is 44.1 Å². The number of Topliss-reactive ketones (excluding diaryl/α,β-unsaturated/α-hetero) is 1. The van der Waals surface area contributed by atoms with Crippen molar-refractivity contribution in [1.82, 2.24) is 34.6 Å². The molecular formula is C34H54N8O8. The molecule has 0 radical (unpaired) electrons. The largest absolute Gasteiger partial charge is 0.469 e. The van der Waals surface area contributed by atoms with Crippen LogP contribution in [0.25, 0.3) is 5.65 Å². The number of H-pyrrole nitrogens is 2. The highest BCUT2D eigenvalue weighted by molar-refractivity contribution is 5.97. The molecule has 4 N–H and O–H groups in total. The van der Waals surface area contributed by atoms with Crippen molar-refractivity contribution in [2.75, 3.05) is 39.0 Å². The number of ether oxygens (including phenoxy) is 3. The number of methoxy groups -OCH3 is 1. The Bertz CT molecular complexity index is 1600. The van der Waals surface area contributed by atoms with Gasteiger partial charge in [-0.25, -0.2) is 19.1 Å². The molecule has 3 aromatic heterocycles. The number of hydrogen-bond donors (Lipinski definition) is 3. The number of nitrogens with one attached hydrogen (secondary N) is 2. The van der Waals surface area contributed by atoms with E-state index in [1.807, 2.05) is 20.8 Å². The maximum Gasteiger partial charge on any atom is 0.410 e. The first-order valence-corrected chi connectivity index (χ1v) is 16.3. The van der Waals surface area contributed by atoms with Crippen molar-refractivity contribution >= 4 is 35.4 Å². The van der Waals surface area contributed by atoms with Gasteiger partial charge in [0.2, 0.25) is 0 Å². The van der Waals surface area contributed by atoms with Crippen LogP contribution in [0.1, 0.15) is 92.7 Å². The first-order chi connectivity index (χ1) is 23.0. The van der Waals surface area contributed by atoms with Crippen molar-refractivity contribution in [2.45, 2.75) is 98.2 Å². The Kier molecular flexibility index (Phi) is 15.0. The van der Waals surface area contributed by atoms with E-state index < -0.39 is 23.3 Å². The first kappa shape index (κ1) is 41.3. The molecule has 2 amide bonds. The summed E-state index contributed by atoms with van der Waals surface area (Å²) in [6.45, 7) is 13.1. The summed E-state index contributed by atoms with van der Waals surface area (Å²) in [6, 6.07) is 5.01. The normalized spacial score (nSPS) is 17.6. The Labute approximate surface area is 293 Å². The van der Waals surface area contributed by atoms with Crippen molar-refractivity contribution in [1.29, 1.82) is 0 Å². The van der Waals surface area contributed by atoms with E-state index in [9.17, 15) is 24.0 Å². The fourth-order valence-electron chi connectivity index (χ4n) is 5.22. The Morgan fingerprint density at radius 3 is 2.06 bits per heavy atom. The van der Waals surface area contributed by atoms with Crippen LogP contribution in [0.3, 0.4) is 0 Å². The molecular weight excluding hydrogens is 648 g/mol. The van der Waals surface area contributed by atoms with Gasteiger partial charge in [-0.2, -0.15) is 5.10 Å². The van der Waals surface area contributed by atoms with Gasteiger partial charge in [0.05, 0.1) is 19.0 Å². The van der Waals surface area contributed by atoms with Crippen LogP contribution >= 0.6 is 0 Å². The second kappa shape index (κ2) is 18.2. The third kappa shape index (κ3) is 13.2. The van der Waals surface area contributed by atoms with Gasteiger partial charge >= 0.3 is 18.2 Å². The smallest absolute Gasteiger partial charge is 0.410 e. The summed E-state index contributed by atoms with van der Waals surface area (Å²) in [5.74, 6) is -0.358. The zero-order valence-corrected chi connectivity index (χ0v) is 29.5. The Hall–Kier alpha value is -4.89. The van der Waals surface area contributed by atoms with Gasteiger partial charge in [-0.3, -0.25) is 24.6 Å². The van der Waals surface area contributed by atoms with Crippen molar-refractivity contribution in [3.05, 3.63) is 46.6 Å². The lowest BCUT2D eigenvalue weighted by Gasteiger charge is -2.33. The minimum Gasteiger partial charge on any atom is -0.469 e. The lowest BCUT2D eigenvalue weighted by atomic mass is 9.92. The molecule has 16 heteroatoms. The van der Waals surface area contributed by atoms with Crippen LogP contribution < -0.4 is 11.3 Å². The summed E-state index contributed by atoms with van der Waals surface area (Å²) in [4.78, 5) is 67.1. The van der Waals surface area contributed by atoms with E-state index in [0.717, 1.165) is 25.0 Å². The topological polar surface area (TPSA) is 207 Å². The molecule has 2 unspecified atom stereocenters. The maximum atomic E-state index is 12.2. The number of esters is 1. The molecule has 2 saturated heterocycles. The second-order valence-corrected chi connectivity index (χ2v) is 13.9. The molecule has 5 rings (SSSR count). The van der Waals surface area contributed by atoms with Crippen LogP contribution in [0.4, 0.5) is 15.4 Å². The summed E-state index contributed by atoms with van der Waals surface area (Å²) < 4.78 is 16.6. The number of nitrogen functional groups attached to an aromatic ring is 1. The highest BCUT2D eigenvalue weighted by Crippen LogP contribution is 2.26. The minimum absolute atomic E-state index is 0. The van der Waals surface area contributed by atoms with E-state index in [1.54, 1.807) is 56.3 Å². The number of fused-ring (bicyclic) bond motifs is 1. The highest BCUT2D eigenvalue weighted by Gasteiger charge is 2.32.